The van der Waals surface area contributed by atoms with Gasteiger partial charge >= 0.3 is 0 Å². The van der Waals surface area contributed by atoms with Gasteiger partial charge < -0.3 is 9.47 Å². The average molecular weight is 376 g/mol. The summed E-state index contributed by atoms with van der Waals surface area (Å²) in [4.78, 5) is 16.2. The van der Waals surface area contributed by atoms with Gasteiger partial charge in [0.15, 0.2) is 12.4 Å². The number of nitrogens with one attached hydrogen (secondary N) is 1. The summed E-state index contributed by atoms with van der Waals surface area (Å²) in [7, 11) is 1.61. The molecule has 25 heavy (non-hydrogen) atoms. The lowest BCUT2D eigenvalue weighted by molar-refractivity contribution is -0.118. The van der Waals surface area contributed by atoms with Gasteiger partial charge in [-0.25, -0.2) is 0 Å². The minimum atomic E-state index is -0.313. The predicted molar refractivity (Wildman–Crippen MR) is 97.5 cm³/mol. The Morgan fingerprint density at radius 1 is 1.12 bits per heavy atom. The average Bonchev–Trinajstić information content (AvgIpc) is 3.10. The van der Waals surface area contributed by atoms with Gasteiger partial charge in [-0.2, -0.15) is 9.36 Å². The molecule has 0 atom stereocenters. The van der Waals surface area contributed by atoms with Gasteiger partial charge in [0.1, 0.15) is 11.5 Å². The highest BCUT2D eigenvalue weighted by molar-refractivity contribution is 7.10. The molecular formula is C17H14ClN3O3S. The molecule has 8 heteroatoms. The summed E-state index contributed by atoms with van der Waals surface area (Å²) in [5, 5.41) is 3.69. The van der Waals surface area contributed by atoms with Crippen LogP contribution in [0, 0.1) is 0 Å². The second kappa shape index (κ2) is 7.96. The first-order valence-electron chi connectivity index (χ1n) is 7.30. The van der Waals surface area contributed by atoms with E-state index >= 15 is 0 Å². The second-order valence-corrected chi connectivity index (χ2v) is 6.13. The van der Waals surface area contributed by atoms with E-state index in [1.807, 2.05) is 24.3 Å². The smallest absolute Gasteiger partial charge is 0.264 e. The number of nitrogens with zero attached hydrogens (tertiary/aromatic N) is 2. The highest BCUT2D eigenvalue weighted by atomic mass is 35.5. The first kappa shape index (κ1) is 17.2. The Morgan fingerprint density at radius 2 is 1.80 bits per heavy atom. The molecule has 1 amide bonds. The van der Waals surface area contributed by atoms with E-state index < -0.39 is 0 Å². The van der Waals surface area contributed by atoms with Crippen LogP contribution in [-0.2, 0) is 4.79 Å². The molecule has 0 unspecified atom stereocenters. The van der Waals surface area contributed by atoms with Crippen molar-refractivity contribution in [1.29, 1.82) is 0 Å². The van der Waals surface area contributed by atoms with E-state index in [0.29, 0.717) is 21.7 Å². The molecule has 128 valence electrons. The van der Waals surface area contributed by atoms with Crippen molar-refractivity contribution in [3.63, 3.8) is 0 Å². The van der Waals surface area contributed by atoms with Crippen molar-refractivity contribution in [2.75, 3.05) is 19.0 Å². The molecule has 0 fully saturated rings. The van der Waals surface area contributed by atoms with Crippen LogP contribution in [-0.4, -0.2) is 29.0 Å². The predicted octanol–water partition coefficient (Wildman–Crippen LogP) is 3.88. The fraction of sp³-hybridized carbons (Fsp3) is 0.118. The van der Waals surface area contributed by atoms with E-state index in [0.717, 1.165) is 22.8 Å². The van der Waals surface area contributed by atoms with E-state index in [9.17, 15) is 4.79 Å². The topological polar surface area (TPSA) is 73.3 Å². The van der Waals surface area contributed by atoms with Crippen molar-refractivity contribution in [2.24, 2.45) is 0 Å². The number of carbonyl (C=O) groups is 1. The number of carbonyl (C=O) groups excluding carboxylic acids is 1. The fourth-order valence-electron chi connectivity index (χ4n) is 1.97. The zero-order chi connectivity index (χ0) is 17.6. The number of methoxy groups -OCH3 is 1. The minimum absolute atomic E-state index is 0.126. The van der Waals surface area contributed by atoms with Crippen LogP contribution in [0.25, 0.3) is 11.4 Å². The van der Waals surface area contributed by atoms with E-state index in [2.05, 4.69) is 14.7 Å². The fourth-order valence-corrected chi connectivity index (χ4v) is 2.70. The summed E-state index contributed by atoms with van der Waals surface area (Å²) >= 11 is 6.90. The Labute approximate surface area is 153 Å². The Morgan fingerprint density at radius 3 is 2.48 bits per heavy atom. The van der Waals surface area contributed by atoms with Crippen LogP contribution >= 0.6 is 23.1 Å². The lowest BCUT2D eigenvalue weighted by atomic mass is 10.2. The molecule has 0 spiro atoms. The molecule has 0 aliphatic heterocycles. The molecule has 1 aromatic heterocycles. The van der Waals surface area contributed by atoms with Gasteiger partial charge in [-0.1, -0.05) is 11.6 Å². The van der Waals surface area contributed by atoms with Crippen molar-refractivity contribution in [1.82, 2.24) is 9.36 Å². The summed E-state index contributed by atoms with van der Waals surface area (Å²) in [6, 6.07) is 14.2. The number of rotatable bonds is 6. The summed E-state index contributed by atoms with van der Waals surface area (Å²) < 4.78 is 14.7. The number of hydrogen-bond acceptors (Lipinski definition) is 6. The van der Waals surface area contributed by atoms with Gasteiger partial charge in [-0.3, -0.25) is 10.1 Å². The Balaban J connectivity index is 1.56. The number of amides is 1. The Bertz CT molecular complexity index is 850. The maximum atomic E-state index is 11.9. The molecule has 1 N–H and O–H groups in total. The van der Waals surface area contributed by atoms with Gasteiger partial charge in [0.05, 0.1) is 7.11 Å². The van der Waals surface area contributed by atoms with E-state index in [1.165, 1.54) is 0 Å². The molecule has 0 bridgehead atoms. The second-order valence-electron chi connectivity index (χ2n) is 4.94. The van der Waals surface area contributed by atoms with Crippen LogP contribution in [0.3, 0.4) is 0 Å². The molecule has 2 aromatic carbocycles. The monoisotopic (exact) mass is 375 g/mol. The molecule has 0 aliphatic rings. The summed E-state index contributed by atoms with van der Waals surface area (Å²) in [5.41, 5.74) is 0.843. The Hall–Kier alpha value is -2.64. The SMILES string of the molecule is COc1ccc(-c2nsc(NC(=O)COc3ccc(Cl)cc3)n2)cc1. The molecule has 0 saturated heterocycles. The van der Waals surface area contributed by atoms with Crippen molar-refractivity contribution in [3.05, 3.63) is 53.6 Å². The first-order valence-corrected chi connectivity index (χ1v) is 8.45. The summed E-state index contributed by atoms with van der Waals surface area (Å²) in [6.07, 6.45) is 0. The van der Waals surface area contributed by atoms with Crippen LogP contribution in [0.1, 0.15) is 0 Å². The van der Waals surface area contributed by atoms with E-state index in [-0.39, 0.29) is 12.5 Å². The molecule has 0 radical (unpaired) electrons. The highest BCUT2D eigenvalue weighted by Gasteiger charge is 2.10. The number of benzene rings is 2. The third-order valence-corrected chi connectivity index (χ3v) is 4.09. The quantitative estimate of drug-likeness (QED) is 0.707. The van der Waals surface area contributed by atoms with Crippen molar-refractivity contribution in [3.8, 4) is 22.9 Å². The van der Waals surface area contributed by atoms with Crippen LogP contribution in [0.4, 0.5) is 5.13 Å². The van der Waals surface area contributed by atoms with Crippen LogP contribution < -0.4 is 14.8 Å². The number of halogens is 1. The minimum Gasteiger partial charge on any atom is -0.497 e. The molecular weight excluding hydrogens is 362 g/mol. The van der Waals surface area contributed by atoms with E-state index in [1.54, 1.807) is 31.4 Å². The largest absolute Gasteiger partial charge is 0.497 e. The van der Waals surface area contributed by atoms with Gasteiger partial charge in [0, 0.05) is 22.1 Å². The molecule has 1 heterocycles. The third-order valence-electron chi connectivity index (χ3n) is 3.20. The summed E-state index contributed by atoms with van der Waals surface area (Å²) in [5.74, 6) is 1.55. The van der Waals surface area contributed by atoms with Gasteiger partial charge in [-0.15, -0.1) is 0 Å². The standard InChI is InChI=1S/C17H14ClN3O3S/c1-23-13-6-2-11(3-7-13)16-20-17(25-21-16)19-15(22)10-24-14-8-4-12(18)5-9-14/h2-9H,10H2,1H3,(H,19,20,21,22). The van der Waals surface area contributed by atoms with Crippen LogP contribution in [0.15, 0.2) is 48.5 Å². The van der Waals surface area contributed by atoms with Crippen molar-refractivity contribution >= 4 is 34.2 Å². The van der Waals surface area contributed by atoms with Crippen LogP contribution in [0.2, 0.25) is 5.02 Å². The van der Waals surface area contributed by atoms with Gasteiger partial charge in [0.2, 0.25) is 5.13 Å². The summed E-state index contributed by atoms with van der Waals surface area (Å²) in [6.45, 7) is -0.126. The number of aromatic nitrogens is 2. The maximum Gasteiger partial charge on any atom is 0.264 e. The van der Waals surface area contributed by atoms with Crippen molar-refractivity contribution in [2.45, 2.75) is 0 Å². The highest BCUT2D eigenvalue weighted by Crippen LogP contribution is 2.23. The van der Waals surface area contributed by atoms with Crippen LogP contribution in [0.5, 0.6) is 11.5 Å². The first-order chi connectivity index (χ1) is 12.1. The number of ether oxygens (including phenoxy) is 2. The zero-order valence-corrected chi connectivity index (χ0v) is 14.8. The molecule has 0 aliphatic carbocycles. The molecule has 3 rings (SSSR count). The lowest BCUT2D eigenvalue weighted by Crippen LogP contribution is -2.20. The van der Waals surface area contributed by atoms with Gasteiger partial charge in [0.25, 0.3) is 5.91 Å². The third kappa shape index (κ3) is 4.68. The molecule has 0 saturated carbocycles. The maximum absolute atomic E-state index is 11.9. The molecule has 3 aromatic rings. The Kier molecular flexibility index (Phi) is 5.47. The number of anilines is 1. The van der Waals surface area contributed by atoms with E-state index in [4.69, 9.17) is 21.1 Å². The lowest BCUT2D eigenvalue weighted by Gasteiger charge is -2.05. The molecule has 6 nitrogen and oxygen atoms in total. The number of hydrogen-bond donors (Lipinski definition) is 1. The zero-order valence-electron chi connectivity index (χ0n) is 13.2. The van der Waals surface area contributed by atoms with Crippen molar-refractivity contribution < 1.29 is 14.3 Å². The van der Waals surface area contributed by atoms with Gasteiger partial charge in [-0.05, 0) is 48.5 Å². The normalized spacial score (nSPS) is 10.3.